The lowest BCUT2D eigenvalue weighted by molar-refractivity contribution is -0.139. The van der Waals surface area contributed by atoms with Crippen LogP contribution >= 0.6 is 0 Å². The van der Waals surface area contributed by atoms with E-state index in [0.717, 1.165) is 115 Å². The molecule has 46 heavy (non-hydrogen) atoms. The molecule has 0 bridgehead atoms. The first-order chi connectivity index (χ1) is 22.2. The van der Waals surface area contributed by atoms with Crippen molar-refractivity contribution < 1.29 is 44.5 Å². The topological polar surface area (TPSA) is 146 Å². The molecule has 0 saturated carbocycles. The summed E-state index contributed by atoms with van der Waals surface area (Å²) in [5.74, 6) is -0.163. The largest absolute Gasteiger partial charge is 0.455 e. The fourth-order valence-electron chi connectivity index (χ4n) is 7.31. The van der Waals surface area contributed by atoms with Gasteiger partial charge < -0.3 is 39.7 Å². The van der Waals surface area contributed by atoms with Gasteiger partial charge in [-0.25, -0.2) is 4.79 Å². The van der Waals surface area contributed by atoms with E-state index in [1.54, 1.807) is 0 Å². The zero-order valence-corrected chi connectivity index (χ0v) is 28.8. The molecule has 0 aliphatic carbocycles. The van der Waals surface area contributed by atoms with Crippen LogP contribution in [0.2, 0.25) is 0 Å². The Hall–Kier alpha value is -1.07. The number of carbonyl (C=O) groups excluding carboxylic acids is 1. The van der Waals surface area contributed by atoms with Gasteiger partial charge in [0.2, 0.25) is 0 Å². The van der Waals surface area contributed by atoms with Gasteiger partial charge in [0, 0.05) is 5.57 Å². The Kier molecular flexibility index (Phi) is 18.7. The zero-order chi connectivity index (χ0) is 33.3. The highest BCUT2D eigenvalue weighted by molar-refractivity contribution is 5.90. The fourth-order valence-corrected chi connectivity index (χ4v) is 7.31. The highest BCUT2D eigenvalue weighted by Crippen LogP contribution is 2.34. The van der Waals surface area contributed by atoms with Crippen molar-refractivity contribution in [3.8, 4) is 0 Å². The maximum atomic E-state index is 11.6. The van der Waals surface area contributed by atoms with Gasteiger partial charge in [-0.1, -0.05) is 64.7 Å². The quantitative estimate of drug-likeness (QED) is 0.0609. The van der Waals surface area contributed by atoms with Crippen LogP contribution in [0.5, 0.6) is 0 Å². The number of unbranched alkanes of at least 4 members (excludes halogenated alkanes) is 7. The minimum atomic E-state index is -0.742. The summed E-state index contributed by atoms with van der Waals surface area (Å²) >= 11 is 0. The summed E-state index contributed by atoms with van der Waals surface area (Å²) in [4.78, 5) is 11.6. The van der Waals surface area contributed by atoms with Gasteiger partial charge in [0.15, 0.2) is 0 Å². The SMILES string of the molecule is CCCCC[C@H](O)[C@H](O)CCC[C@H](O)[C@H]1CC[C@H]([C@H]2CC[C@H]([C@H](O)CCCC[C@H](O)CCCCCCCC3=C[C@H](C)OC3=O)O2)O1. The van der Waals surface area contributed by atoms with E-state index < -0.39 is 24.4 Å². The Balaban J connectivity index is 1.17. The molecule has 2 saturated heterocycles. The van der Waals surface area contributed by atoms with Gasteiger partial charge in [0.25, 0.3) is 0 Å². The smallest absolute Gasteiger partial charge is 0.334 e. The van der Waals surface area contributed by atoms with Crippen LogP contribution in [0.25, 0.3) is 0 Å². The van der Waals surface area contributed by atoms with Gasteiger partial charge in [-0.15, -0.1) is 0 Å². The molecule has 0 radical (unpaired) electrons. The van der Waals surface area contributed by atoms with E-state index in [1.807, 2.05) is 13.0 Å². The number of hydrogen-bond acceptors (Lipinski definition) is 9. The zero-order valence-electron chi connectivity index (χ0n) is 28.8. The summed E-state index contributed by atoms with van der Waals surface area (Å²) in [5, 5.41) is 52.2. The maximum absolute atomic E-state index is 11.6. The normalized spacial score (nSPS) is 28.2. The lowest BCUT2D eigenvalue weighted by Crippen LogP contribution is -2.33. The molecule has 3 heterocycles. The Morgan fingerprint density at radius 1 is 0.652 bits per heavy atom. The molecule has 9 heteroatoms. The molecule has 3 aliphatic heterocycles. The highest BCUT2D eigenvalue weighted by atomic mass is 16.6. The third kappa shape index (κ3) is 14.2. The number of aliphatic hydroxyl groups excluding tert-OH is 5. The average Bonchev–Trinajstić information content (AvgIpc) is 3.79. The van der Waals surface area contributed by atoms with Crippen LogP contribution in [0.1, 0.15) is 155 Å². The number of rotatable bonds is 25. The second-order valence-electron chi connectivity index (χ2n) is 14.3. The third-order valence-electron chi connectivity index (χ3n) is 10.3. The molecule has 2 fully saturated rings. The van der Waals surface area contributed by atoms with Crippen molar-refractivity contribution in [3.05, 3.63) is 11.6 Å². The molecule has 3 aliphatic rings. The molecule has 3 rings (SSSR count). The van der Waals surface area contributed by atoms with E-state index in [2.05, 4.69) is 6.92 Å². The highest BCUT2D eigenvalue weighted by Gasteiger charge is 2.40. The van der Waals surface area contributed by atoms with Crippen molar-refractivity contribution in [2.24, 2.45) is 0 Å². The van der Waals surface area contributed by atoms with Crippen LogP contribution < -0.4 is 0 Å². The number of hydrogen-bond donors (Lipinski definition) is 5. The Bertz CT molecular complexity index is 866. The fraction of sp³-hybridized carbons (Fsp3) is 0.919. The average molecular weight is 655 g/mol. The summed E-state index contributed by atoms with van der Waals surface area (Å²) in [5.41, 5.74) is 0.816. The van der Waals surface area contributed by atoms with Crippen LogP contribution in [0, 0.1) is 0 Å². The van der Waals surface area contributed by atoms with Crippen molar-refractivity contribution >= 4 is 5.97 Å². The Morgan fingerprint density at radius 2 is 1.15 bits per heavy atom. The lowest BCUT2D eigenvalue weighted by Gasteiger charge is -2.24. The van der Waals surface area contributed by atoms with Crippen LogP contribution in [-0.4, -0.2) is 92.5 Å². The van der Waals surface area contributed by atoms with Gasteiger partial charge in [-0.2, -0.15) is 0 Å². The van der Waals surface area contributed by atoms with E-state index in [9.17, 15) is 30.3 Å². The van der Waals surface area contributed by atoms with Crippen molar-refractivity contribution in [2.75, 3.05) is 0 Å². The first-order valence-corrected chi connectivity index (χ1v) is 18.8. The summed E-state index contributed by atoms with van der Waals surface area (Å²) in [6.07, 6.45) is 17.1. The number of cyclic esters (lactones) is 1. The van der Waals surface area contributed by atoms with E-state index in [4.69, 9.17) is 14.2 Å². The third-order valence-corrected chi connectivity index (χ3v) is 10.3. The summed E-state index contributed by atoms with van der Waals surface area (Å²) in [6, 6.07) is 0. The van der Waals surface area contributed by atoms with Crippen molar-refractivity contribution in [1.29, 1.82) is 0 Å². The molecule has 0 amide bonds. The standard InChI is InChI=1S/C37H66O9/c1-3-4-8-17-29(39)30(40)19-13-20-32(42)34-22-24-36(46-34)35-23-21-33(45-35)31(41)18-12-11-16-28(38)15-10-7-5-6-9-14-27-25-26(2)44-37(27)43/h25-26,28-36,38-42H,3-24H2,1-2H3/t26-,28+,29-,30+,31+,32-,33+,34+,35+,36+/m0/s1. The second-order valence-corrected chi connectivity index (χ2v) is 14.3. The number of carbonyl (C=O) groups is 1. The van der Waals surface area contributed by atoms with E-state index >= 15 is 0 Å². The summed E-state index contributed by atoms with van der Waals surface area (Å²) in [7, 11) is 0. The molecule has 10 atom stereocenters. The second kappa shape index (κ2) is 21.8. The van der Waals surface area contributed by atoms with Crippen LogP contribution in [0.3, 0.4) is 0 Å². The Morgan fingerprint density at radius 3 is 1.74 bits per heavy atom. The molecule has 0 aromatic heterocycles. The molecular formula is C37H66O9. The molecule has 9 nitrogen and oxygen atoms in total. The molecule has 268 valence electrons. The molecule has 0 unspecified atom stereocenters. The van der Waals surface area contributed by atoms with Gasteiger partial charge in [0.05, 0.1) is 54.9 Å². The van der Waals surface area contributed by atoms with E-state index in [0.29, 0.717) is 32.1 Å². The van der Waals surface area contributed by atoms with E-state index in [1.165, 1.54) is 0 Å². The first-order valence-electron chi connectivity index (χ1n) is 18.8. The van der Waals surface area contributed by atoms with Crippen LogP contribution in [0.4, 0.5) is 0 Å². The number of aliphatic hydroxyl groups is 5. The molecule has 0 aromatic carbocycles. The minimum Gasteiger partial charge on any atom is -0.455 e. The van der Waals surface area contributed by atoms with Gasteiger partial charge >= 0.3 is 5.97 Å². The minimum absolute atomic E-state index is 0.0567. The number of ether oxygens (including phenoxy) is 3. The summed E-state index contributed by atoms with van der Waals surface area (Å²) in [6.45, 7) is 4.00. The summed E-state index contributed by atoms with van der Waals surface area (Å²) < 4.78 is 17.6. The van der Waals surface area contributed by atoms with Crippen LogP contribution in [0.15, 0.2) is 11.6 Å². The van der Waals surface area contributed by atoms with Gasteiger partial charge in [0.1, 0.15) is 6.10 Å². The van der Waals surface area contributed by atoms with Crippen molar-refractivity contribution in [1.82, 2.24) is 0 Å². The molecular weight excluding hydrogens is 588 g/mol. The molecule has 0 spiro atoms. The Labute approximate surface area is 278 Å². The monoisotopic (exact) mass is 654 g/mol. The van der Waals surface area contributed by atoms with Gasteiger partial charge in [-0.3, -0.25) is 0 Å². The van der Waals surface area contributed by atoms with Crippen molar-refractivity contribution in [2.45, 2.75) is 216 Å². The lowest BCUT2D eigenvalue weighted by atomic mass is 9.98. The van der Waals surface area contributed by atoms with Crippen LogP contribution in [-0.2, 0) is 19.0 Å². The molecule has 5 N–H and O–H groups in total. The number of esters is 1. The predicted octanol–water partition coefficient (Wildman–Crippen LogP) is 5.80. The van der Waals surface area contributed by atoms with Gasteiger partial charge in [-0.05, 0) is 96.5 Å². The maximum Gasteiger partial charge on any atom is 0.334 e. The predicted molar refractivity (Wildman–Crippen MR) is 178 cm³/mol. The first kappa shape index (κ1) is 39.4. The molecule has 0 aromatic rings. The van der Waals surface area contributed by atoms with E-state index in [-0.39, 0.29) is 42.6 Å². The van der Waals surface area contributed by atoms with Crippen molar-refractivity contribution in [3.63, 3.8) is 0 Å².